The molecule has 0 atom stereocenters. The van der Waals surface area contributed by atoms with Crippen molar-refractivity contribution in [1.82, 2.24) is 0 Å². The topological polar surface area (TPSA) is 0 Å². The van der Waals surface area contributed by atoms with Crippen LogP contribution in [0.1, 0.15) is 64.2 Å². The molecule has 23 heavy (non-hydrogen) atoms. The van der Waals surface area contributed by atoms with Crippen molar-refractivity contribution in [1.29, 1.82) is 0 Å². The van der Waals surface area contributed by atoms with E-state index in [9.17, 15) is 0 Å². The number of hydrogen-bond acceptors (Lipinski definition) is 0. The maximum absolute atomic E-state index is 4.93. The van der Waals surface area contributed by atoms with Crippen molar-refractivity contribution in [3.63, 3.8) is 0 Å². The number of halogens is 2. The van der Waals surface area contributed by atoms with E-state index in [1.807, 2.05) is 0 Å². The molecule has 0 amide bonds. The van der Waals surface area contributed by atoms with Gasteiger partial charge in [-0.05, 0) is 99.7 Å². The van der Waals surface area contributed by atoms with Gasteiger partial charge in [0.15, 0.2) is 0 Å². The second kappa shape index (κ2) is 9.97. The first kappa shape index (κ1) is 19.2. The molecule has 0 heterocycles. The van der Waals surface area contributed by atoms with Crippen molar-refractivity contribution in [3.8, 4) is 0 Å². The van der Waals surface area contributed by atoms with Crippen LogP contribution in [-0.4, -0.2) is 0 Å². The standard InChI is InChI=1S/C20H20.2ClH.Zr/c1-3-7-19-15(5-1)9-11-17(19)13-14-18-12-10-16-6-2-4-8-20(16)18;;;/h1-8,13-14H2;2*1H;/q;;;+2/p-2. The van der Waals surface area contributed by atoms with Gasteiger partial charge < -0.3 is 0 Å². The van der Waals surface area contributed by atoms with Crippen LogP contribution in [0.4, 0.5) is 0 Å². The molecule has 0 N–H and O–H groups in total. The van der Waals surface area contributed by atoms with Crippen LogP contribution in [0.15, 0.2) is 0 Å². The van der Waals surface area contributed by atoms with E-state index in [2.05, 4.69) is 25.7 Å². The molecule has 0 aromatic carbocycles. The minimum absolute atomic E-state index is 0.826. The third-order valence-electron chi connectivity index (χ3n) is 5.02. The molecule has 0 bridgehead atoms. The van der Waals surface area contributed by atoms with Gasteiger partial charge in [0.25, 0.3) is 0 Å². The summed E-state index contributed by atoms with van der Waals surface area (Å²) < 4.78 is 0. The Morgan fingerprint density at radius 3 is 1.48 bits per heavy atom. The van der Waals surface area contributed by atoms with Gasteiger partial charge in [-0.2, -0.15) is 0 Å². The van der Waals surface area contributed by atoms with Gasteiger partial charge in [-0.15, -0.1) is 0 Å². The summed E-state index contributed by atoms with van der Waals surface area (Å²) in [7, 11) is 9.87. The van der Waals surface area contributed by atoms with E-state index in [-0.39, 0.29) is 0 Å². The molecular formula is C20H20Cl2Zr. The quantitative estimate of drug-likeness (QED) is 0.516. The molecule has 4 saturated carbocycles. The van der Waals surface area contributed by atoms with Crippen LogP contribution in [-0.2, 0) is 20.8 Å². The van der Waals surface area contributed by atoms with E-state index in [0.29, 0.717) is 0 Å². The predicted molar refractivity (Wildman–Crippen MR) is 90.3 cm³/mol. The third-order valence-corrected chi connectivity index (χ3v) is 5.02. The molecule has 0 nitrogen and oxygen atoms in total. The summed E-state index contributed by atoms with van der Waals surface area (Å²) in [5.74, 6) is 8.90. The molecule has 0 spiro atoms. The molecule has 3 heteroatoms. The summed E-state index contributed by atoms with van der Waals surface area (Å²) in [5.41, 5.74) is 0. The molecule has 4 aliphatic carbocycles. The van der Waals surface area contributed by atoms with Crippen molar-refractivity contribution in [2.45, 2.75) is 64.2 Å². The van der Waals surface area contributed by atoms with Crippen molar-refractivity contribution in [2.24, 2.45) is 0 Å². The van der Waals surface area contributed by atoms with E-state index in [1.54, 1.807) is 11.8 Å². The van der Waals surface area contributed by atoms with Crippen LogP contribution in [0.2, 0.25) is 0 Å². The first-order chi connectivity index (χ1) is 11.3. The van der Waals surface area contributed by atoms with Gasteiger partial charge in [-0.25, -0.2) is 0 Å². The molecule has 0 aliphatic heterocycles. The Morgan fingerprint density at radius 1 is 0.652 bits per heavy atom. The van der Waals surface area contributed by atoms with Crippen LogP contribution >= 0.6 is 17.0 Å². The Kier molecular flexibility index (Phi) is 8.33. The SMILES string of the molecule is [C]1[C][C](CC[C]2[C][C][C]3CCCC[C]32)[C]2CCCC[C]12.[Cl][Zr][Cl]. The molecule has 4 aliphatic rings. The van der Waals surface area contributed by atoms with Gasteiger partial charge >= 0.3 is 37.9 Å². The summed E-state index contributed by atoms with van der Waals surface area (Å²) in [6.07, 6.45) is 26.1. The van der Waals surface area contributed by atoms with Crippen molar-refractivity contribution in [3.05, 3.63) is 61.2 Å². The molecule has 0 aromatic heterocycles. The summed E-state index contributed by atoms with van der Waals surface area (Å²) in [5, 5.41) is 0. The van der Waals surface area contributed by atoms with E-state index in [1.165, 1.54) is 75.0 Å². The monoisotopic (exact) mass is 420 g/mol. The number of fused-ring (bicyclic) bond motifs is 2. The molecule has 4 rings (SSSR count). The van der Waals surface area contributed by atoms with Crippen LogP contribution < -0.4 is 0 Å². The zero-order chi connectivity index (χ0) is 16.1. The summed E-state index contributed by atoms with van der Waals surface area (Å²) in [4.78, 5) is 0. The number of rotatable bonds is 3. The molecule has 0 unspecified atom stereocenters. The first-order valence-corrected chi connectivity index (χ1v) is 14.8. The van der Waals surface area contributed by atoms with Crippen molar-refractivity contribution < 1.29 is 20.8 Å². The Morgan fingerprint density at radius 2 is 1.04 bits per heavy atom. The van der Waals surface area contributed by atoms with Gasteiger partial charge in [-0.3, -0.25) is 0 Å². The second-order valence-corrected chi connectivity index (χ2v) is 10.1. The van der Waals surface area contributed by atoms with Crippen molar-refractivity contribution in [2.75, 3.05) is 0 Å². The Labute approximate surface area is 162 Å². The average Bonchev–Trinajstić information content (AvgIpc) is 3.18. The minimum atomic E-state index is -0.826. The maximum atomic E-state index is 4.93. The van der Waals surface area contributed by atoms with Crippen molar-refractivity contribution >= 4 is 17.0 Å². The van der Waals surface area contributed by atoms with Crippen LogP contribution in [0.3, 0.4) is 0 Å². The Balaban J connectivity index is 0.000000485. The van der Waals surface area contributed by atoms with Crippen LogP contribution in [0.25, 0.3) is 0 Å². The molecule has 4 fully saturated rings. The van der Waals surface area contributed by atoms with Gasteiger partial charge in [0.1, 0.15) is 0 Å². The zero-order valence-corrected chi connectivity index (χ0v) is 17.3. The average molecular weight is 423 g/mol. The van der Waals surface area contributed by atoms with Gasteiger partial charge in [-0.1, -0.05) is 25.7 Å². The molecule has 0 saturated heterocycles. The first-order valence-electron chi connectivity index (χ1n) is 8.50. The Bertz CT molecular complexity index is 317. The van der Waals surface area contributed by atoms with Gasteiger partial charge in [0.2, 0.25) is 0 Å². The van der Waals surface area contributed by atoms with Crippen LogP contribution in [0, 0.1) is 61.2 Å². The summed E-state index contributed by atoms with van der Waals surface area (Å²) in [6.45, 7) is 0. The fraction of sp³-hybridized carbons (Fsp3) is 0.500. The fourth-order valence-corrected chi connectivity index (χ4v) is 3.88. The molecular weight excluding hydrogens is 402 g/mol. The van der Waals surface area contributed by atoms with E-state index in [0.717, 1.165) is 12.8 Å². The predicted octanol–water partition coefficient (Wildman–Crippen LogP) is 6.09. The zero-order valence-electron chi connectivity index (χ0n) is 13.3. The fourth-order valence-electron chi connectivity index (χ4n) is 3.88. The summed E-state index contributed by atoms with van der Waals surface area (Å²) in [6, 6.07) is 0. The van der Waals surface area contributed by atoms with E-state index in [4.69, 9.17) is 17.0 Å². The normalized spacial score (nSPS) is 28.3. The van der Waals surface area contributed by atoms with Gasteiger partial charge in [0.05, 0.1) is 0 Å². The van der Waals surface area contributed by atoms with E-state index < -0.39 is 20.8 Å². The summed E-state index contributed by atoms with van der Waals surface area (Å²) >= 11 is -0.826. The molecule has 118 valence electrons. The van der Waals surface area contributed by atoms with Crippen LogP contribution in [0.5, 0.6) is 0 Å². The Hall–Kier alpha value is 1.46. The molecule has 14 radical (unpaired) electrons. The van der Waals surface area contributed by atoms with E-state index >= 15 is 0 Å². The molecule has 0 aromatic rings. The second-order valence-electron chi connectivity index (χ2n) is 6.36. The number of hydrogen-bond donors (Lipinski definition) is 0. The third kappa shape index (κ3) is 5.01. The van der Waals surface area contributed by atoms with Gasteiger partial charge in [0, 0.05) is 0 Å².